The largest absolute Gasteiger partial charge is 0.442 e. The van der Waals surface area contributed by atoms with Crippen LogP contribution in [0, 0.1) is 16.0 Å². The van der Waals surface area contributed by atoms with Gasteiger partial charge in [0.05, 0.1) is 39.8 Å². The summed E-state index contributed by atoms with van der Waals surface area (Å²) in [6, 6.07) is 13.0. The van der Waals surface area contributed by atoms with Gasteiger partial charge in [0, 0.05) is 11.6 Å². The van der Waals surface area contributed by atoms with Crippen molar-refractivity contribution in [1.29, 1.82) is 0 Å². The molecule has 2 aliphatic carbocycles. The second-order valence-corrected chi connectivity index (χ2v) is 9.14. The van der Waals surface area contributed by atoms with E-state index in [4.69, 9.17) is 9.41 Å². The Morgan fingerprint density at radius 3 is 2.73 bits per heavy atom. The second-order valence-electron chi connectivity index (χ2n) is 9.14. The van der Waals surface area contributed by atoms with Crippen molar-refractivity contribution in [3.8, 4) is 17.1 Å². The van der Waals surface area contributed by atoms with E-state index in [1.54, 1.807) is 24.7 Å². The molecule has 2 aromatic heterocycles. The third-order valence-corrected chi connectivity index (χ3v) is 7.31. The Bertz CT molecular complexity index is 1480. The summed E-state index contributed by atoms with van der Waals surface area (Å²) in [4.78, 5) is 25.3. The van der Waals surface area contributed by atoms with Crippen molar-refractivity contribution in [2.75, 3.05) is 0 Å². The number of rotatable bonds is 4. The zero-order valence-corrected chi connectivity index (χ0v) is 17.8. The van der Waals surface area contributed by atoms with Crippen LogP contribution < -0.4 is 0 Å². The smallest absolute Gasteiger partial charge is 0.278 e. The van der Waals surface area contributed by atoms with Gasteiger partial charge in [-0.05, 0) is 54.9 Å². The third kappa shape index (κ3) is 2.54. The average Bonchev–Trinajstić information content (AvgIpc) is 3.52. The molecule has 0 unspecified atom stereocenters. The van der Waals surface area contributed by atoms with E-state index in [9.17, 15) is 10.1 Å². The molecule has 1 atom stereocenters. The molecule has 8 nitrogen and oxygen atoms in total. The van der Waals surface area contributed by atoms with Gasteiger partial charge in [-0.3, -0.25) is 19.7 Å². The van der Waals surface area contributed by atoms with Gasteiger partial charge in [0.25, 0.3) is 5.69 Å². The molecule has 3 aliphatic rings. The molecule has 162 valence electrons. The highest BCUT2D eigenvalue weighted by Crippen LogP contribution is 2.75. The summed E-state index contributed by atoms with van der Waals surface area (Å²) in [6.45, 7) is 1.98. The summed E-state index contributed by atoms with van der Waals surface area (Å²) in [7, 11) is 0. The molecule has 0 amide bonds. The van der Waals surface area contributed by atoms with E-state index in [1.165, 1.54) is 30.9 Å². The summed E-state index contributed by atoms with van der Waals surface area (Å²) in [5.74, 6) is 1.35. The molecule has 0 spiro atoms. The molecule has 2 saturated carbocycles. The lowest BCUT2D eigenvalue weighted by atomic mass is 9.94. The lowest BCUT2D eigenvalue weighted by Gasteiger charge is -2.15. The van der Waals surface area contributed by atoms with Crippen LogP contribution in [-0.4, -0.2) is 25.2 Å². The molecular weight excluding hydrogens is 418 g/mol. The van der Waals surface area contributed by atoms with E-state index < -0.39 is 0 Å². The number of fused-ring (bicyclic) bond motifs is 4. The Morgan fingerprint density at radius 2 is 2.00 bits per heavy atom. The molecule has 0 N–H and O–H groups in total. The monoisotopic (exact) mass is 437 g/mol. The van der Waals surface area contributed by atoms with Crippen molar-refractivity contribution in [3.05, 3.63) is 93.9 Å². The number of nitrogens with zero attached hydrogens (tertiary/aromatic N) is 5. The van der Waals surface area contributed by atoms with Gasteiger partial charge >= 0.3 is 0 Å². The number of nitro groups is 1. The second kappa shape index (κ2) is 6.25. The maximum absolute atomic E-state index is 11.9. The summed E-state index contributed by atoms with van der Waals surface area (Å²) < 4.78 is 7.57. The Labute approximate surface area is 188 Å². The minimum absolute atomic E-state index is 0.0499. The molecule has 1 aliphatic heterocycles. The summed E-state index contributed by atoms with van der Waals surface area (Å²) in [6.07, 6.45) is 7.25. The van der Waals surface area contributed by atoms with Gasteiger partial charge in [-0.25, -0.2) is 9.97 Å². The normalized spacial score (nSPS) is 24.2. The first-order valence-electron chi connectivity index (χ1n) is 11.0. The van der Waals surface area contributed by atoms with E-state index in [-0.39, 0.29) is 16.7 Å². The predicted octanol–water partition coefficient (Wildman–Crippen LogP) is 5.01. The number of oxazole rings is 1. The van der Waals surface area contributed by atoms with Crippen molar-refractivity contribution in [2.45, 2.75) is 31.2 Å². The zero-order valence-electron chi connectivity index (χ0n) is 17.8. The van der Waals surface area contributed by atoms with Gasteiger partial charge in [-0.15, -0.1) is 0 Å². The number of nitro benzene ring substituents is 1. The molecule has 4 aromatic rings. The summed E-state index contributed by atoms with van der Waals surface area (Å²) in [5.41, 5.74) is 6.14. The molecule has 7 rings (SSSR count). The molecule has 33 heavy (non-hydrogen) atoms. The first-order chi connectivity index (χ1) is 16.1. The Morgan fingerprint density at radius 1 is 1.18 bits per heavy atom. The van der Waals surface area contributed by atoms with Crippen LogP contribution in [0.3, 0.4) is 0 Å². The zero-order chi connectivity index (χ0) is 22.3. The molecule has 3 heterocycles. The highest BCUT2D eigenvalue weighted by atomic mass is 16.6. The van der Waals surface area contributed by atoms with Crippen molar-refractivity contribution < 1.29 is 9.34 Å². The first kappa shape index (κ1) is 18.5. The van der Waals surface area contributed by atoms with Crippen LogP contribution in [0.15, 0.2) is 70.8 Å². The Balaban J connectivity index is 1.51. The van der Waals surface area contributed by atoms with Crippen LogP contribution in [0.2, 0.25) is 0 Å². The van der Waals surface area contributed by atoms with Crippen LogP contribution >= 0.6 is 0 Å². The van der Waals surface area contributed by atoms with E-state index >= 15 is 0 Å². The van der Waals surface area contributed by atoms with Gasteiger partial charge in [0.15, 0.2) is 12.2 Å². The minimum Gasteiger partial charge on any atom is -0.442 e. The fourth-order valence-electron chi connectivity index (χ4n) is 5.26. The van der Waals surface area contributed by atoms with Crippen molar-refractivity contribution in [2.24, 2.45) is 10.9 Å². The molecule has 8 heteroatoms. The lowest BCUT2D eigenvalue weighted by molar-refractivity contribution is -0.385. The van der Waals surface area contributed by atoms with Gasteiger partial charge in [-0.2, -0.15) is 0 Å². The third-order valence-electron chi connectivity index (χ3n) is 7.31. The van der Waals surface area contributed by atoms with E-state index in [1.807, 2.05) is 17.6 Å². The summed E-state index contributed by atoms with van der Waals surface area (Å²) in [5, 5.41) is 11.9. The number of benzene rings is 2. The maximum Gasteiger partial charge on any atom is 0.278 e. The van der Waals surface area contributed by atoms with Gasteiger partial charge in [0.2, 0.25) is 0 Å². The highest BCUT2D eigenvalue weighted by Gasteiger charge is 2.70. The van der Waals surface area contributed by atoms with E-state index in [0.717, 1.165) is 22.9 Å². The highest BCUT2D eigenvalue weighted by molar-refractivity contribution is 6.17. The fourth-order valence-corrected chi connectivity index (χ4v) is 5.26. The molecule has 0 bridgehead atoms. The van der Waals surface area contributed by atoms with Crippen LogP contribution in [0.25, 0.3) is 17.1 Å². The quantitative estimate of drug-likeness (QED) is 0.330. The lowest BCUT2D eigenvalue weighted by Crippen LogP contribution is -2.11. The van der Waals surface area contributed by atoms with Gasteiger partial charge in [0.1, 0.15) is 12.0 Å². The van der Waals surface area contributed by atoms with E-state index in [0.29, 0.717) is 28.1 Å². The number of aromatic nitrogens is 3. The van der Waals surface area contributed by atoms with Crippen molar-refractivity contribution >= 4 is 11.4 Å². The average molecular weight is 437 g/mol. The SMILES string of the molecule is C[C@H]1N=C(c2ccccc2[N+](=O)[O-])c2cc(C34CC3C4)ccc2-n2cnc(-c3cnco3)c21. The van der Waals surface area contributed by atoms with Crippen LogP contribution in [0.4, 0.5) is 5.69 Å². The van der Waals surface area contributed by atoms with Crippen LogP contribution in [-0.2, 0) is 5.41 Å². The van der Waals surface area contributed by atoms with E-state index in [2.05, 4.69) is 28.2 Å². The van der Waals surface area contributed by atoms with Gasteiger partial charge < -0.3 is 4.42 Å². The number of aliphatic imine (C=N–C) groups is 1. The molecular formula is C25H19N5O3. The molecule has 2 fully saturated rings. The first-order valence-corrected chi connectivity index (χ1v) is 11.0. The molecule has 2 aromatic carbocycles. The van der Waals surface area contributed by atoms with Crippen molar-refractivity contribution in [3.63, 3.8) is 0 Å². The van der Waals surface area contributed by atoms with Crippen LogP contribution in [0.1, 0.15) is 48.2 Å². The molecule has 0 radical (unpaired) electrons. The maximum atomic E-state index is 11.9. The topological polar surface area (TPSA) is 99.3 Å². The minimum atomic E-state index is -0.338. The van der Waals surface area contributed by atoms with Crippen LogP contribution in [0.5, 0.6) is 0 Å². The Hall–Kier alpha value is -4.07. The number of hydrogen-bond acceptors (Lipinski definition) is 6. The standard InChI is InChI=1S/C25H19N5O3/c1-14-24-23(21-11-26-13-33-21)27-12-29(24)19-7-6-15(25-9-16(25)10-25)8-18(19)22(28-14)17-4-2-3-5-20(17)30(31)32/h2-8,11-14,16H,9-10H2,1H3/t14-,16?,25?/m1/s1. The number of para-hydroxylation sites is 1. The number of imidazole rings is 1. The Kier molecular flexibility index (Phi) is 3.50. The van der Waals surface area contributed by atoms with Crippen molar-refractivity contribution in [1.82, 2.24) is 14.5 Å². The fraction of sp³-hybridized carbons (Fsp3) is 0.240. The summed E-state index contributed by atoms with van der Waals surface area (Å²) >= 11 is 0. The molecule has 0 saturated heterocycles. The predicted molar refractivity (Wildman–Crippen MR) is 121 cm³/mol. The number of hydrogen-bond donors (Lipinski definition) is 0. The van der Waals surface area contributed by atoms with Gasteiger partial charge in [-0.1, -0.05) is 18.2 Å².